The Bertz CT molecular complexity index is 541. The molecule has 1 fully saturated rings. The quantitative estimate of drug-likeness (QED) is 0.775. The highest BCUT2D eigenvalue weighted by atomic mass is 16.5. The monoisotopic (exact) mass is 334 g/mol. The van der Waals surface area contributed by atoms with Gasteiger partial charge in [-0.2, -0.15) is 0 Å². The van der Waals surface area contributed by atoms with Crippen LogP contribution in [0.4, 0.5) is 0 Å². The molecule has 1 atom stereocenters. The largest absolute Gasteiger partial charge is 0.376 e. The van der Waals surface area contributed by atoms with Crippen molar-refractivity contribution in [1.29, 1.82) is 0 Å². The molecule has 0 aliphatic carbocycles. The van der Waals surface area contributed by atoms with Gasteiger partial charge in [0, 0.05) is 38.9 Å². The maximum absolute atomic E-state index is 12.7. The van der Waals surface area contributed by atoms with Crippen molar-refractivity contribution < 1.29 is 14.3 Å². The molecule has 0 unspecified atom stereocenters. The van der Waals surface area contributed by atoms with Crippen molar-refractivity contribution in [1.82, 2.24) is 20.2 Å². The number of aryl methyl sites for hydroxylation is 1. The van der Waals surface area contributed by atoms with Crippen molar-refractivity contribution in [3.05, 3.63) is 23.8 Å². The van der Waals surface area contributed by atoms with Crippen molar-refractivity contribution in [2.75, 3.05) is 26.2 Å². The van der Waals surface area contributed by atoms with Crippen molar-refractivity contribution >= 4 is 11.8 Å². The first kappa shape index (κ1) is 18.3. The van der Waals surface area contributed by atoms with Crippen molar-refractivity contribution in [2.24, 2.45) is 0 Å². The Morgan fingerprint density at radius 2 is 2.21 bits per heavy atom. The molecular formula is C17H26N4O3. The molecule has 2 rings (SSSR count). The van der Waals surface area contributed by atoms with Crippen LogP contribution >= 0.6 is 0 Å². The lowest BCUT2D eigenvalue weighted by molar-refractivity contribution is -0.121. The van der Waals surface area contributed by atoms with E-state index in [4.69, 9.17) is 4.74 Å². The van der Waals surface area contributed by atoms with E-state index >= 15 is 0 Å². The molecule has 1 aromatic heterocycles. The van der Waals surface area contributed by atoms with E-state index in [1.165, 1.54) is 6.20 Å². The van der Waals surface area contributed by atoms with Crippen LogP contribution in [0.3, 0.4) is 0 Å². The molecule has 0 bridgehead atoms. The lowest BCUT2D eigenvalue weighted by Crippen LogP contribution is -2.40. The summed E-state index contributed by atoms with van der Waals surface area (Å²) in [5, 5.41) is 2.83. The maximum atomic E-state index is 12.7. The fourth-order valence-electron chi connectivity index (χ4n) is 2.56. The van der Waals surface area contributed by atoms with Gasteiger partial charge in [0.05, 0.1) is 18.0 Å². The summed E-state index contributed by atoms with van der Waals surface area (Å²) in [6.45, 7) is 6.04. The van der Waals surface area contributed by atoms with Crippen LogP contribution in [0.1, 0.15) is 48.8 Å². The van der Waals surface area contributed by atoms with Gasteiger partial charge in [-0.15, -0.1) is 0 Å². The van der Waals surface area contributed by atoms with E-state index in [9.17, 15) is 9.59 Å². The highest BCUT2D eigenvalue weighted by Gasteiger charge is 2.24. The van der Waals surface area contributed by atoms with E-state index in [1.54, 1.807) is 11.1 Å². The minimum Gasteiger partial charge on any atom is -0.376 e. The highest BCUT2D eigenvalue weighted by Crippen LogP contribution is 2.15. The number of carbonyl (C=O) groups excluding carboxylic acids is 2. The smallest absolute Gasteiger partial charge is 0.274 e. The first-order chi connectivity index (χ1) is 11.6. The molecule has 0 spiro atoms. The first-order valence-electron chi connectivity index (χ1n) is 8.56. The Hall–Kier alpha value is -2.02. The summed E-state index contributed by atoms with van der Waals surface area (Å²) in [7, 11) is 0. The summed E-state index contributed by atoms with van der Waals surface area (Å²) in [4.78, 5) is 34.5. The van der Waals surface area contributed by atoms with Gasteiger partial charge in [0.25, 0.3) is 5.91 Å². The fraction of sp³-hybridized carbons (Fsp3) is 0.647. The number of hydrogen-bond acceptors (Lipinski definition) is 5. The second-order valence-electron chi connectivity index (χ2n) is 6.03. The van der Waals surface area contributed by atoms with Gasteiger partial charge in [0.1, 0.15) is 5.69 Å². The average Bonchev–Trinajstić information content (AvgIpc) is 3.10. The number of nitrogens with one attached hydrogen (secondary N) is 1. The SMILES string of the molecule is CCCNC(=O)CCN(C[C@@H]1CCCO1)C(=O)c1cnc(C)cn1. The maximum Gasteiger partial charge on any atom is 0.274 e. The van der Waals surface area contributed by atoms with Gasteiger partial charge in [-0.1, -0.05) is 6.92 Å². The standard InChI is InChI=1S/C17H26N4O3/c1-3-7-18-16(22)6-8-21(12-14-5-4-9-24-14)17(23)15-11-19-13(2)10-20-15/h10-11,14H,3-9,12H2,1-2H3,(H,18,22)/t14-/m0/s1. The van der Waals surface area contributed by atoms with Gasteiger partial charge < -0.3 is 15.0 Å². The molecule has 2 heterocycles. The summed E-state index contributed by atoms with van der Waals surface area (Å²) in [6, 6.07) is 0. The Morgan fingerprint density at radius 1 is 1.38 bits per heavy atom. The normalized spacial score (nSPS) is 16.8. The Labute approximate surface area is 142 Å². The Kier molecular flexibility index (Phi) is 7.11. The summed E-state index contributed by atoms with van der Waals surface area (Å²) in [6.07, 6.45) is 6.20. The van der Waals surface area contributed by atoms with Crippen LogP contribution in [0.25, 0.3) is 0 Å². The fourth-order valence-corrected chi connectivity index (χ4v) is 2.56. The molecule has 1 saturated heterocycles. The van der Waals surface area contributed by atoms with Crippen molar-refractivity contribution in [3.8, 4) is 0 Å². The molecule has 24 heavy (non-hydrogen) atoms. The zero-order valence-corrected chi connectivity index (χ0v) is 14.5. The van der Waals surface area contributed by atoms with E-state index in [1.807, 2.05) is 13.8 Å². The molecule has 1 aliphatic rings. The van der Waals surface area contributed by atoms with Gasteiger partial charge in [-0.3, -0.25) is 14.6 Å². The lowest BCUT2D eigenvalue weighted by Gasteiger charge is -2.25. The summed E-state index contributed by atoms with van der Waals surface area (Å²) in [5.41, 5.74) is 1.06. The zero-order chi connectivity index (χ0) is 17.4. The number of hydrogen-bond donors (Lipinski definition) is 1. The molecule has 0 radical (unpaired) electrons. The van der Waals surface area contributed by atoms with Crippen LogP contribution in [0.15, 0.2) is 12.4 Å². The van der Waals surface area contributed by atoms with Crippen molar-refractivity contribution in [2.45, 2.75) is 45.6 Å². The third-order valence-corrected chi connectivity index (χ3v) is 3.92. The number of carbonyl (C=O) groups is 2. The Balaban J connectivity index is 1.99. The molecule has 2 amide bonds. The summed E-state index contributed by atoms with van der Waals surface area (Å²) < 4.78 is 5.63. The molecule has 132 valence electrons. The van der Waals surface area contributed by atoms with Gasteiger partial charge in [0.2, 0.25) is 5.91 Å². The molecule has 1 N–H and O–H groups in total. The average molecular weight is 334 g/mol. The molecule has 1 aromatic rings. The number of nitrogens with zero attached hydrogens (tertiary/aromatic N) is 3. The summed E-state index contributed by atoms with van der Waals surface area (Å²) in [5.74, 6) is -0.252. The van der Waals surface area contributed by atoms with Gasteiger partial charge in [-0.05, 0) is 26.2 Å². The van der Waals surface area contributed by atoms with E-state index in [-0.39, 0.29) is 24.3 Å². The van der Waals surface area contributed by atoms with Crippen molar-refractivity contribution in [3.63, 3.8) is 0 Å². The third-order valence-electron chi connectivity index (χ3n) is 3.92. The lowest BCUT2D eigenvalue weighted by atomic mass is 10.2. The predicted octanol–water partition coefficient (Wildman–Crippen LogP) is 1.32. The van der Waals surface area contributed by atoms with Crippen LogP contribution in [0.5, 0.6) is 0 Å². The van der Waals surface area contributed by atoms with E-state index in [0.717, 1.165) is 31.6 Å². The van der Waals surface area contributed by atoms with E-state index < -0.39 is 0 Å². The van der Waals surface area contributed by atoms with E-state index in [0.29, 0.717) is 25.3 Å². The van der Waals surface area contributed by atoms with Crippen LogP contribution in [-0.2, 0) is 9.53 Å². The van der Waals surface area contributed by atoms with Gasteiger partial charge >= 0.3 is 0 Å². The minimum absolute atomic E-state index is 0.0334. The van der Waals surface area contributed by atoms with Gasteiger partial charge in [0.15, 0.2) is 0 Å². The number of amides is 2. The van der Waals surface area contributed by atoms with Crippen LogP contribution < -0.4 is 5.32 Å². The van der Waals surface area contributed by atoms with Crippen LogP contribution in [-0.4, -0.2) is 59.0 Å². The topological polar surface area (TPSA) is 84.4 Å². The molecule has 7 heteroatoms. The number of aromatic nitrogens is 2. The molecule has 0 saturated carbocycles. The zero-order valence-electron chi connectivity index (χ0n) is 14.5. The third kappa shape index (κ3) is 5.56. The Morgan fingerprint density at radius 3 is 2.83 bits per heavy atom. The predicted molar refractivity (Wildman–Crippen MR) is 89.6 cm³/mol. The molecular weight excluding hydrogens is 308 g/mol. The number of rotatable bonds is 8. The summed E-state index contributed by atoms with van der Waals surface area (Å²) >= 11 is 0. The molecule has 1 aliphatic heterocycles. The highest BCUT2D eigenvalue weighted by molar-refractivity contribution is 5.92. The first-order valence-corrected chi connectivity index (χ1v) is 8.56. The van der Waals surface area contributed by atoms with Crippen LogP contribution in [0, 0.1) is 6.92 Å². The molecule has 0 aromatic carbocycles. The second kappa shape index (κ2) is 9.32. The number of ether oxygens (including phenoxy) is 1. The van der Waals surface area contributed by atoms with Gasteiger partial charge in [-0.25, -0.2) is 4.98 Å². The van der Waals surface area contributed by atoms with E-state index in [2.05, 4.69) is 15.3 Å². The molecule has 7 nitrogen and oxygen atoms in total. The second-order valence-corrected chi connectivity index (χ2v) is 6.03. The van der Waals surface area contributed by atoms with Crippen LogP contribution in [0.2, 0.25) is 0 Å². The minimum atomic E-state index is -0.207.